The average Bonchev–Trinajstić information content (AvgIpc) is 2.30. The Balaban J connectivity index is 2.84. The number of halogens is 1. The van der Waals surface area contributed by atoms with Crippen LogP contribution in [0.1, 0.15) is 6.92 Å². The van der Waals surface area contributed by atoms with Gasteiger partial charge in [0.2, 0.25) is 0 Å². The van der Waals surface area contributed by atoms with Crippen molar-refractivity contribution >= 4 is 32.9 Å². The number of nitrogens with zero attached hydrogens (tertiary/aromatic N) is 4. The van der Waals surface area contributed by atoms with Crippen LogP contribution in [0.15, 0.2) is 21.5 Å². The minimum absolute atomic E-state index is 0.148. The molecule has 2 heterocycles. The van der Waals surface area contributed by atoms with E-state index >= 15 is 0 Å². The summed E-state index contributed by atoms with van der Waals surface area (Å²) in [7, 11) is 1.43. The third-order valence-electron chi connectivity index (χ3n) is 2.38. The molecule has 0 amide bonds. The molecule has 0 aliphatic rings. The van der Waals surface area contributed by atoms with E-state index in [9.17, 15) is 10.0 Å². The van der Waals surface area contributed by atoms with Gasteiger partial charge in [0.05, 0.1) is 4.47 Å². The Morgan fingerprint density at radius 1 is 1.59 bits per heavy atom. The molecule has 0 spiro atoms. The van der Waals surface area contributed by atoms with Crippen LogP contribution in [0.2, 0.25) is 0 Å². The van der Waals surface area contributed by atoms with Gasteiger partial charge in [-0.2, -0.15) is 4.98 Å². The fraction of sp³-hybridized carbons (Fsp3) is 0.300. The fourth-order valence-electron chi connectivity index (χ4n) is 1.56. The third kappa shape index (κ3) is 2.03. The molecular formula is C10H11BrN4O2. The van der Waals surface area contributed by atoms with Gasteiger partial charge in [0.1, 0.15) is 5.65 Å². The van der Waals surface area contributed by atoms with E-state index in [1.54, 1.807) is 12.3 Å². The molecule has 0 bridgehead atoms. The molecule has 17 heavy (non-hydrogen) atoms. The molecule has 0 saturated heterocycles. The Morgan fingerprint density at radius 2 is 2.29 bits per heavy atom. The Morgan fingerprint density at radius 3 is 2.88 bits per heavy atom. The molecule has 2 rings (SSSR count). The first-order valence-corrected chi connectivity index (χ1v) is 5.82. The second-order valence-electron chi connectivity index (χ2n) is 3.51. The predicted molar refractivity (Wildman–Crippen MR) is 67.4 cm³/mol. The van der Waals surface area contributed by atoms with Crippen LogP contribution >= 0.6 is 15.9 Å². The van der Waals surface area contributed by atoms with E-state index in [-0.39, 0.29) is 11.5 Å². The lowest BCUT2D eigenvalue weighted by Crippen LogP contribution is -2.22. The van der Waals surface area contributed by atoms with Gasteiger partial charge in [0.25, 0.3) is 11.5 Å². The summed E-state index contributed by atoms with van der Waals surface area (Å²) in [5, 5.41) is 10.8. The molecule has 0 atom stereocenters. The van der Waals surface area contributed by atoms with Gasteiger partial charge in [0.15, 0.2) is 0 Å². The Kier molecular flexibility index (Phi) is 3.12. The number of anilines is 1. The summed E-state index contributed by atoms with van der Waals surface area (Å²) < 4.78 is 1.99. The van der Waals surface area contributed by atoms with Crippen molar-refractivity contribution in [1.82, 2.24) is 14.5 Å². The molecule has 0 aromatic carbocycles. The molecule has 0 radical (unpaired) electrons. The summed E-state index contributed by atoms with van der Waals surface area (Å²) in [4.78, 5) is 20.0. The highest BCUT2D eigenvalue weighted by molar-refractivity contribution is 9.10. The minimum atomic E-state index is -0.148. The van der Waals surface area contributed by atoms with E-state index in [0.717, 1.165) is 10.4 Å². The highest BCUT2D eigenvalue weighted by Crippen LogP contribution is 2.16. The van der Waals surface area contributed by atoms with Gasteiger partial charge in [0, 0.05) is 25.2 Å². The molecule has 6 nitrogen and oxygen atoms in total. The monoisotopic (exact) mass is 298 g/mol. The van der Waals surface area contributed by atoms with E-state index in [2.05, 4.69) is 25.9 Å². The molecule has 2 aromatic heterocycles. The largest absolute Gasteiger partial charge is 0.292 e. The molecule has 1 N–H and O–H groups in total. The van der Waals surface area contributed by atoms with Crippen LogP contribution in [0.4, 0.5) is 5.95 Å². The van der Waals surface area contributed by atoms with Gasteiger partial charge in [-0.3, -0.25) is 14.6 Å². The quantitative estimate of drug-likeness (QED) is 0.849. The second-order valence-corrected chi connectivity index (χ2v) is 4.37. The van der Waals surface area contributed by atoms with Gasteiger partial charge < -0.3 is 0 Å². The van der Waals surface area contributed by atoms with Crippen LogP contribution in [0, 0.1) is 0 Å². The highest BCUT2D eigenvalue weighted by atomic mass is 79.9. The summed E-state index contributed by atoms with van der Waals surface area (Å²) in [6, 6.07) is 1.67. The van der Waals surface area contributed by atoms with Crippen molar-refractivity contribution in [3.63, 3.8) is 0 Å². The molecule has 7 heteroatoms. The van der Waals surface area contributed by atoms with Crippen LogP contribution < -0.4 is 10.6 Å². The summed E-state index contributed by atoms with van der Waals surface area (Å²) in [6.07, 6.45) is 1.57. The molecule has 0 aliphatic carbocycles. The Bertz CT molecular complexity index is 623. The number of hydroxylamine groups is 1. The molecule has 90 valence electrons. The van der Waals surface area contributed by atoms with Crippen molar-refractivity contribution in [3.8, 4) is 0 Å². The molecule has 0 aliphatic heterocycles. The molecule has 0 saturated carbocycles. The molecule has 0 fully saturated rings. The zero-order valence-corrected chi connectivity index (χ0v) is 11.0. The summed E-state index contributed by atoms with van der Waals surface area (Å²) in [6.45, 7) is 2.36. The number of hydrogen-bond donors (Lipinski definition) is 1. The van der Waals surface area contributed by atoms with E-state index in [1.165, 1.54) is 11.6 Å². The summed E-state index contributed by atoms with van der Waals surface area (Å²) in [5.41, 5.74) is 0.358. The third-order valence-corrected chi connectivity index (χ3v) is 2.94. The lowest BCUT2D eigenvalue weighted by Gasteiger charge is -2.11. The number of hydrogen-bond acceptors (Lipinski definition) is 5. The van der Waals surface area contributed by atoms with Gasteiger partial charge >= 0.3 is 0 Å². The number of aryl methyl sites for hydroxylation is 1. The van der Waals surface area contributed by atoms with Crippen molar-refractivity contribution in [3.05, 3.63) is 27.1 Å². The van der Waals surface area contributed by atoms with Crippen molar-refractivity contribution in [2.75, 3.05) is 12.1 Å². The first-order valence-electron chi connectivity index (χ1n) is 5.03. The summed E-state index contributed by atoms with van der Waals surface area (Å²) >= 11 is 3.21. The van der Waals surface area contributed by atoms with Crippen LogP contribution in [-0.4, -0.2) is 26.8 Å². The van der Waals surface area contributed by atoms with Crippen molar-refractivity contribution < 1.29 is 5.21 Å². The van der Waals surface area contributed by atoms with Crippen LogP contribution in [0.25, 0.3) is 11.0 Å². The smallest absolute Gasteiger partial charge is 0.266 e. The van der Waals surface area contributed by atoms with Gasteiger partial charge in [-0.25, -0.2) is 10.0 Å². The molecule has 0 unspecified atom stereocenters. The van der Waals surface area contributed by atoms with Gasteiger partial charge in [-0.15, -0.1) is 0 Å². The minimum Gasteiger partial charge on any atom is -0.292 e. The predicted octanol–water partition coefficient (Wildman–Crippen LogP) is 1.40. The Hall–Kier alpha value is -1.47. The molecular weight excluding hydrogens is 288 g/mol. The van der Waals surface area contributed by atoms with E-state index in [1.807, 2.05) is 6.92 Å². The second kappa shape index (κ2) is 4.42. The van der Waals surface area contributed by atoms with Crippen molar-refractivity contribution in [2.24, 2.45) is 0 Å². The van der Waals surface area contributed by atoms with Crippen molar-refractivity contribution in [2.45, 2.75) is 13.5 Å². The lowest BCUT2D eigenvalue weighted by molar-refractivity contribution is 0.272. The Labute approximate surface area is 106 Å². The van der Waals surface area contributed by atoms with Crippen LogP contribution in [0.5, 0.6) is 0 Å². The fourth-order valence-corrected chi connectivity index (χ4v) is 2.02. The summed E-state index contributed by atoms with van der Waals surface area (Å²) in [5.74, 6) is 0.154. The first kappa shape index (κ1) is 12.0. The maximum Gasteiger partial charge on any atom is 0.266 e. The van der Waals surface area contributed by atoms with Crippen LogP contribution in [-0.2, 0) is 6.54 Å². The average molecular weight is 299 g/mol. The van der Waals surface area contributed by atoms with E-state index < -0.39 is 0 Å². The first-order chi connectivity index (χ1) is 8.04. The van der Waals surface area contributed by atoms with Gasteiger partial charge in [-0.1, -0.05) is 0 Å². The maximum atomic E-state index is 11.9. The normalized spacial score (nSPS) is 10.8. The topological polar surface area (TPSA) is 71.2 Å². The van der Waals surface area contributed by atoms with Gasteiger partial charge in [-0.05, 0) is 28.9 Å². The highest BCUT2D eigenvalue weighted by Gasteiger charge is 2.10. The lowest BCUT2D eigenvalue weighted by atomic mass is 10.3. The van der Waals surface area contributed by atoms with E-state index in [0.29, 0.717) is 16.7 Å². The molecule has 2 aromatic rings. The zero-order valence-electron chi connectivity index (χ0n) is 9.38. The number of aromatic nitrogens is 3. The van der Waals surface area contributed by atoms with Crippen LogP contribution in [0.3, 0.4) is 0 Å². The SMILES string of the molecule is CCn1c(=O)c(Br)cc2cnc(N(C)O)nc21. The van der Waals surface area contributed by atoms with E-state index in [4.69, 9.17) is 0 Å². The number of fused-ring (bicyclic) bond motifs is 1. The number of pyridine rings is 1. The number of rotatable bonds is 2. The standard InChI is InChI=1S/C10H11BrN4O2/c1-3-15-8-6(4-7(11)9(15)16)5-12-10(13-8)14(2)17/h4-5,17H,3H2,1-2H3. The van der Waals surface area contributed by atoms with Crippen molar-refractivity contribution in [1.29, 1.82) is 0 Å². The zero-order chi connectivity index (χ0) is 12.6. The maximum absolute atomic E-state index is 11.9.